The lowest BCUT2D eigenvalue weighted by molar-refractivity contribution is 0.0953. The number of carbonyl (C=O) groups is 2. The Morgan fingerprint density at radius 1 is 1.04 bits per heavy atom. The van der Waals surface area contributed by atoms with Gasteiger partial charge >= 0.3 is 0 Å². The van der Waals surface area contributed by atoms with Gasteiger partial charge < -0.3 is 5.32 Å². The summed E-state index contributed by atoms with van der Waals surface area (Å²) < 4.78 is 0. The van der Waals surface area contributed by atoms with Gasteiger partial charge in [-0.1, -0.05) is 64.9 Å². The molecule has 0 aliphatic heterocycles. The van der Waals surface area contributed by atoms with Crippen molar-refractivity contribution in [3.05, 3.63) is 80.3 Å². The zero-order valence-corrected chi connectivity index (χ0v) is 16.6. The van der Waals surface area contributed by atoms with Crippen LogP contribution < -0.4 is 10.6 Å². The number of aromatic nitrogens is 1. The molecular formula is C19H15Cl2N3O2S. The van der Waals surface area contributed by atoms with Crippen LogP contribution in [0, 0.1) is 6.92 Å². The molecule has 0 aliphatic rings. The lowest BCUT2D eigenvalue weighted by atomic mass is 10.2. The number of nitrogens with zero attached hydrogens (tertiary/aromatic N) is 1. The van der Waals surface area contributed by atoms with E-state index in [-0.39, 0.29) is 11.8 Å². The third kappa shape index (κ3) is 4.86. The molecular weight excluding hydrogens is 405 g/mol. The molecule has 5 nitrogen and oxygen atoms in total. The first-order valence-corrected chi connectivity index (χ1v) is 9.57. The average molecular weight is 420 g/mol. The van der Waals surface area contributed by atoms with E-state index in [0.717, 1.165) is 16.9 Å². The van der Waals surface area contributed by atoms with Crippen molar-refractivity contribution in [2.75, 3.05) is 5.32 Å². The summed E-state index contributed by atoms with van der Waals surface area (Å²) in [6, 6.07) is 14.2. The van der Waals surface area contributed by atoms with Crippen LogP contribution in [0.2, 0.25) is 10.0 Å². The van der Waals surface area contributed by atoms with Crippen LogP contribution in [-0.4, -0.2) is 16.8 Å². The minimum atomic E-state index is -0.376. The summed E-state index contributed by atoms with van der Waals surface area (Å²) in [5, 5.41) is 6.54. The fraction of sp³-hybridized carbons (Fsp3) is 0.105. The Morgan fingerprint density at radius 3 is 2.48 bits per heavy atom. The summed E-state index contributed by atoms with van der Waals surface area (Å²) in [5.41, 5.74) is 1.91. The number of rotatable bonds is 5. The average Bonchev–Trinajstić information content (AvgIpc) is 3.03. The van der Waals surface area contributed by atoms with Crippen LogP contribution in [0.3, 0.4) is 0 Å². The van der Waals surface area contributed by atoms with E-state index in [0.29, 0.717) is 37.9 Å². The predicted octanol–water partition coefficient (Wildman–Crippen LogP) is 4.94. The Morgan fingerprint density at radius 2 is 1.78 bits per heavy atom. The van der Waals surface area contributed by atoms with Gasteiger partial charge in [-0.3, -0.25) is 14.9 Å². The largest absolute Gasteiger partial charge is 0.347 e. The van der Waals surface area contributed by atoms with Crippen LogP contribution in [0.1, 0.15) is 31.3 Å². The van der Waals surface area contributed by atoms with E-state index in [1.807, 2.05) is 30.3 Å². The number of hydrogen-bond acceptors (Lipinski definition) is 4. The zero-order chi connectivity index (χ0) is 19.4. The summed E-state index contributed by atoms with van der Waals surface area (Å²) in [4.78, 5) is 29.4. The maximum absolute atomic E-state index is 12.4. The van der Waals surface area contributed by atoms with E-state index in [9.17, 15) is 9.59 Å². The molecule has 138 valence electrons. The van der Waals surface area contributed by atoms with Crippen LogP contribution >= 0.6 is 34.5 Å². The van der Waals surface area contributed by atoms with E-state index >= 15 is 0 Å². The molecule has 1 aromatic heterocycles. The van der Waals surface area contributed by atoms with E-state index in [4.69, 9.17) is 23.2 Å². The summed E-state index contributed by atoms with van der Waals surface area (Å²) in [7, 11) is 0. The third-order valence-corrected chi connectivity index (χ3v) is 5.51. The number of nitrogens with one attached hydrogen (secondary N) is 2. The predicted molar refractivity (Wildman–Crippen MR) is 109 cm³/mol. The molecule has 3 rings (SSSR count). The topological polar surface area (TPSA) is 71.1 Å². The number of hydrogen-bond donors (Lipinski definition) is 2. The van der Waals surface area contributed by atoms with Crippen molar-refractivity contribution < 1.29 is 9.59 Å². The lowest BCUT2D eigenvalue weighted by Crippen LogP contribution is -2.22. The van der Waals surface area contributed by atoms with Gasteiger partial charge in [-0.2, -0.15) is 0 Å². The van der Waals surface area contributed by atoms with Gasteiger partial charge in [0, 0.05) is 12.1 Å². The highest BCUT2D eigenvalue weighted by molar-refractivity contribution is 7.17. The van der Waals surface area contributed by atoms with Crippen molar-refractivity contribution >= 4 is 51.5 Å². The highest BCUT2D eigenvalue weighted by atomic mass is 35.5. The van der Waals surface area contributed by atoms with Crippen LogP contribution in [0.4, 0.5) is 5.13 Å². The van der Waals surface area contributed by atoms with E-state index in [1.165, 1.54) is 6.07 Å². The Balaban J connectivity index is 1.67. The molecule has 0 aliphatic carbocycles. The Hall–Kier alpha value is -2.41. The second kappa shape index (κ2) is 8.52. The Kier molecular flexibility index (Phi) is 6.11. The maximum atomic E-state index is 12.4. The summed E-state index contributed by atoms with van der Waals surface area (Å²) in [6.07, 6.45) is 0. The molecule has 8 heteroatoms. The zero-order valence-electron chi connectivity index (χ0n) is 14.3. The molecule has 3 aromatic rings. The molecule has 0 spiro atoms. The van der Waals surface area contributed by atoms with Gasteiger partial charge in [0.25, 0.3) is 11.8 Å². The Bertz CT molecular complexity index is 990. The van der Waals surface area contributed by atoms with Gasteiger partial charge in [0.05, 0.1) is 15.7 Å². The van der Waals surface area contributed by atoms with Gasteiger partial charge in [0.15, 0.2) is 5.13 Å². The summed E-state index contributed by atoms with van der Waals surface area (Å²) in [6.45, 7) is 2.14. The van der Waals surface area contributed by atoms with Gasteiger partial charge in [0.2, 0.25) is 0 Å². The summed E-state index contributed by atoms with van der Waals surface area (Å²) >= 11 is 12.9. The first kappa shape index (κ1) is 19.4. The molecule has 2 aromatic carbocycles. The maximum Gasteiger partial charge on any atom is 0.263 e. The van der Waals surface area contributed by atoms with Gasteiger partial charge in [-0.15, -0.1) is 0 Å². The molecule has 0 atom stereocenters. The summed E-state index contributed by atoms with van der Waals surface area (Å²) in [5.74, 6) is -0.609. The van der Waals surface area contributed by atoms with Crippen molar-refractivity contribution in [2.45, 2.75) is 13.5 Å². The fourth-order valence-electron chi connectivity index (χ4n) is 2.33. The van der Waals surface area contributed by atoms with Gasteiger partial charge in [-0.05, 0) is 30.7 Å². The van der Waals surface area contributed by atoms with Crippen molar-refractivity contribution in [3.8, 4) is 0 Å². The number of halogens is 2. The smallest absolute Gasteiger partial charge is 0.263 e. The van der Waals surface area contributed by atoms with Crippen molar-refractivity contribution in [1.82, 2.24) is 10.3 Å². The SMILES string of the molecule is Cc1nc(NC(=O)c2ccc(Cl)c(Cl)c2)sc1C(=O)NCc1ccccc1. The van der Waals surface area contributed by atoms with Crippen molar-refractivity contribution in [1.29, 1.82) is 0 Å². The standard InChI is InChI=1S/C19H15Cl2N3O2S/c1-11-16(18(26)22-10-12-5-3-2-4-6-12)27-19(23-11)24-17(25)13-7-8-14(20)15(21)9-13/h2-9H,10H2,1H3,(H,22,26)(H,23,24,25). The third-order valence-electron chi connectivity index (χ3n) is 3.70. The molecule has 2 amide bonds. The molecule has 27 heavy (non-hydrogen) atoms. The number of aryl methyl sites for hydroxylation is 1. The molecule has 0 bridgehead atoms. The van der Waals surface area contributed by atoms with Crippen LogP contribution in [-0.2, 0) is 6.54 Å². The second-order valence-corrected chi connectivity index (χ2v) is 7.50. The lowest BCUT2D eigenvalue weighted by Gasteiger charge is -2.04. The number of amides is 2. The van der Waals surface area contributed by atoms with E-state index in [1.54, 1.807) is 19.1 Å². The molecule has 0 unspecified atom stereocenters. The number of benzene rings is 2. The number of thiazole rings is 1. The monoisotopic (exact) mass is 419 g/mol. The van der Waals surface area contributed by atoms with E-state index in [2.05, 4.69) is 15.6 Å². The van der Waals surface area contributed by atoms with Crippen LogP contribution in [0.15, 0.2) is 48.5 Å². The first-order chi connectivity index (χ1) is 12.9. The minimum Gasteiger partial charge on any atom is -0.347 e. The number of carbonyl (C=O) groups excluding carboxylic acids is 2. The van der Waals surface area contributed by atoms with Gasteiger partial charge in [0.1, 0.15) is 4.88 Å². The highest BCUT2D eigenvalue weighted by Crippen LogP contribution is 2.25. The second-order valence-electron chi connectivity index (χ2n) is 5.68. The van der Waals surface area contributed by atoms with Crippen LogP contribution in [0.25, 0.3) is 0 Å². The minimum absolute atomic E-state index is 0.233. The van der Waals surface area contributed by atoms with Crippen molar-refractivity contribution in [2.24, 2.45) is 0 Å². The first-order valence-electron chi connectivity index (χ1n) is 8.00. The molecule has 1 heterocycles. The molecule has 0 saturated carbocycles. The molecule has 0 fully saturated rings. The number of anilines is 1. The Labute approximate surface area is 170 Å². The molecule has 0 radical (unpaired) electrons. The highest BCUT2D eigenvalue weighted by Gasteiger charge is 2.17. The normalized spacial score (nSPS) is 10.5. The van der Waals surface area contributed by atoms with Crippen LogP contribution in [0.5, 0.6) is 0 Å². The molecule has 2 N–H and O–H groups in total. The molecule has 0 saturated heterocycles. The van der Waals surface area contributed by atoms with Crippen molar-refractivity contribution in [3.63, 3.8) is 0 Å². The van der Waals surface area contributed by atoms with Gasteiger partial charge in [-0.25, -0.2) is 4.98 Å². The fourth-order valence-corrected chi connectivity index (χ4v) is 3.50. The quantitative estimate of drug-likeness (QED) is 0.614. The van der Waals surface area contributed by atoms with E-state index < -0.39 is 0 Å².